The summed E-state index contributed by atoms with van der Waals surface area (Å²) in [4.78, 5) is 10.4. The second-order valence-corrected chi connectivity index (χ2v) is 4.15. The van der Waals surface area contributed by atoms with Gasteiger partial charge < -0.3 is 10.6 Å². The summed E-state index contributed by atoms with van der Waals surface area (Å²) in [6.45, 7) is 2.79. The van der Waals surface area contributed by atoms with Crippen LogP contribution in [0.4, 0.5) is 5.95 Å². The zero-order valence-corrected chi connectivity index (χ0v) is 10.0. The van der Waals surface area contributed by atoms with Crippen molar-refractivity contribution < 1.29 is 0 Å². The quantitative estimate of drug-likeness (QED) is 0.888. The molecule has 0 aliphatic heterocycles. The van der Waals surface area contributed by atoms with Crippen molar-refractivity contribution in [2.45, 2.75) is 19.4 Å². The topological polar surface area (TPSA) is 55.0 Å². The third-order valence-electron chi connectivity index (χ3n) is 2.17. The lowest BCUT2D eigenvalue weighted by Gasteiger charge is -2.24. The number of aromatic nitrogens is 2. The number of nitrogens with two attached hydrogens (primary N) is 1. The van der Waals surface area contributed by atoms with Gasteiger partial charge in [-0.1, -0.05) is 0 Å². The van der Waals surface area contributed by atoms with Gasteiger partial charge in [-0.05, 0) is 35.8 Å². The number of anilines is 1. The van der Waals surface area contributed by atoms with Gasteiger partial charge in [-0.15, -0.1) is 0 Å². The van der Waals surface area contributed by atoms with Gasteiger partial charge in [-0.25, -0.2) is 9.97 Å². The fraction of sp³-hybridized carbons (Fsp3) is 0.556. The molecule has 5 heteroatoms. The van der Waals surface area contributed by atoms with Crippen molar-refractivity contribution in [3.63, 3.8) is 0 Å². The molecule has 1 heterocycles. The van der Waals surface area contributed by atoms with Gasteiger partial charge in [-0.2, -0.15) is 0 Å². The number of hydrogen-bond acceptors (Lipinski definition) is 4. The summed E-state index contributed by atoms with van der Waals surface area (Å²) in [6.07, 6.45) is 4.43. The summed E-state index contributed by atoms with van der Waals surface area (Å²) in [7, 11) is 1.98. The molecule has 0 radical (unpaired) electrons. The van der Waals surface area contributed by atoms with Crippen molar-refractivity contribution >= 4 is 21.9 Å². The SMILES string of the molecule is CC(CCN)N(C)c1ncc(Br)cn1. The predicted octanol–water partition coefficient (Wildman–Crippen LogP) is 1.41. The van der Waals surface area contributed by atoms with E-state index < -0.39 is 0 Å². The van der Waals surface area contributed by atoms with Gasteiger partial charge in [0.05, 0.1) is 4.47 Å². The molecule has 1 aromatic rings. The fourth-order valence-electron chi connectivity index (χ4n) is 1.12. The Hall–Kier alpha value is -0.680. The largest absolute Gasteiger partial charge is 0.341 e. The van der Waals surface area contributed by atoms with E-state index in [1.165, 1.54) is 0 Å². The third-order valence-corrected chi connectivity index (χ3v) is 2.58. The van der Waals surface area contributed by atoms with E-state index >= 15 is 0 Å². The fourth-order valence-corrected chi connectivity index (χ4v) is 1.32. The molecule has 0 spiro atoms. The van der Waals surface area contributed by atoms with Crippen molar-refractivity contribution in [3.05, 3.63) is 16.9 Å². The first-order valence-electron chi connectivity index (χ1n) is 4.55. The molecule has 0 aromatic carbocycles. The maximum Gasteiger partial charge on any atom is 0.225 e. The van der Waals surface area contributed by atoms with E-state index in [2.05, 4.69) is 32.8 Å². The van der Waals surface area contributed by atoms with Crippen LogP contribution in [-0.4, -0.2) is 29.6 Å². The van der Waals surface area contributed by atoms with Crippen LogP contribution in [-0.2, 0) is 0 Å². The van der Waals surface area contributed by atoms with E-state index in [-0.39, 0.29) is 0 Å². The molecular weight excluding hydrogens is 244 g/mol. The molecule has 1 unspecified atom stereocenters. The molecule has 1 rings (SSSR count). The summed E-state index contributed by atoms with van der Waals surface area (Å²) in [5.41, 5.74) is 5.49. The lowest BCUT2D eigenvalue weighted by atomic mass is 10.2. The average Bonchev–Trinajstić information content (AvgIpc) is 2.18. The zero-order chi connectivity index (χ0) is 10.6. The molecule has 1 atom stereocenters. The van der Waals surface area contributed by atoms with Crippen LogP contribution >= 0.6 is 15.9 Å². The molecule has 4 nitrogen and oxygen atoms in total. The zero-order valence-electron chi connectivity index (χ0n) is 8.44. The highest BCUT2D eigenvalue weighted by atomic mass is 79.9. The van der Waals surface area contributed by atoms with E-state index in [1.54, 1.807) is 12.4 Å². The van der Waals surface area contributed by atoms with E-state index in [9.17, 15) is 0 Å². The van der Waals surface area contributed by atoms with E-state index in [0.717, 1.165) is 16.8 Å². The normalized spacial score (nSPS) is 12.6. The first-order valence-corrected chi connectivity index (χ1v) is 5.35. The summed E-state index contributed by atoms with van der Waals surface area (Å²) in [5.74, 6) is 0.731. The highest BCUT2D eigenvalue weighted by Crippen LogP contribution is 2.12. The number of hydrogen-bond donors (Lipinski definition) is 1. The minimum atomic E-state index is 0.362. The van der Waals surface area contributed by atoms with Crippen molar-refractivity contribution in [2.24, 2.45) is 5.73 Å². The predicted molar refractivity (Wildman–Crippen MR) is 61.3 cm³/mol. The summed E-state index contributed by atoms with van der Waals surface area (Å²) in [6, 6.07) is 0.362. The van der Waals surface area contributed by atoms with Crippen molar-refractivity contribution in [1.29, 1.82) is 0 Å². The second kappa shape index (κ2) is 5.26. The van der Waals surface area contributed by atoms with Crippen molar-refractivity contribution in [1.82, 2.24) is 9.97 Å². The Labute approximate surface area is 92.7 Å². The molecule has 78 valence electrons. The summed E-state index contributed by atoms with van der Waals surface area (Å²) in [5, 5.41) is 0. The third kappa shape index (κ3) is 2.92. The van der Waals surface area contributed by atoms with Crippen LogP contribution in [0.3, 0.4) is 0 Å². The number of nitrogens with zero attached hydrogens (tertiary/aromatic N) is 3. The first-order chi connectivity index (χ1) is 6.65. The number of halogens is 1. The molecule has 1 aromatic heterocycles. The van der Waals surface area contributed by atoms with Crippen LogP contribution in [0.25, 0.3) is 0 Å². The van der Waals surface area contributed by atoms with E-state index in [4.69, 9.17) is 5.73 Å². The molecule has 2 N–H and O–H groups in total. The smallest absolute Gasteiger partial charge is 0.225 e. The van der Waals surface area contributed by atoms with Crippen LogP contribution in [0, 0.1) is 0 Å². The Balaban J connectivity index is 2.68. The summed E-state index contributed by atoms with van der Waals surface area (Å²) < 4.78 is 0.890. The van der Waals surface area contributed by atoms with Gasteiger partial charge in [0.1, 0.15) is 0 Å². The van der Waals surface area contributed by atoms with Gasteiger partial charge in [0.15, 0.2) is 0 Å². The minimum Gasteiger partial charge on any atom is -0.341 e. The molecule has 0 saturated heterocycles. The molecule has 0 aliphatic carbocycles. The Kier molecular flexibility index (Phi) is 4.28. The Morgan fingerprint density at radius 1 is 1.50 bits per heavy atom. The first kappa shape index (κ1) is 11.4. The van der Waals surface area contributed by atoms with Gasteiger partial charge >= 0.3 is 0 Å². The molecule has 0 bridgehead atoms. The monoisotopic (exact) mass is 258 g/mol. The lowest BCUT2D eigenvalue weighted by Crippen LogP contribution is -2.32. The minimum absolute atomic E-state index is 0.362. The Morgan fingerprint density at radius 2 is 2.07 bits per heavy atom. The number of rotatable bonds is 4. The van der Waals surface area contributed by atoms with Crippen LogP contribution < -0.4 is 10.6 Å². The molecule has 0 aliphatic rings. The molecule has 0 amide bonds. The van der Waals surface area contributed by atoms with Crippen molar-refractivity contribution in [2.75, 3.05) is 18.5 Å². The lowest BCUT2D eigenvalue weighted by molar-refractivity contribution is 0.622. The molecule has 0 saturated carbocycles. The molecular formula is C9H15BrN4. The van der Waals surface area contributed by atoms with Crippen LogP contribution in [0.2, 0.25) is 0 Å². The van der Waals surface area contributed by atoms with Gasteiger partial charge in [0, 0.05) is 25.5 Å². The highest BCUT2D eigenvalue weighted by Gasteiger charge is 2.10. The Bertz CT molecular complexity index is 275. The maximum atomic E-state index is 5.49. The molecule has 0 fully saturated rings. The maximum absolute atomic E-state index is 5.49. The van der Waals surface area contributed by atoms with Crippen molar-refractivity contribution in [3.8, 4) is 0 Å². The second-order valence-electron chi connectivity index (χ2n) is 3.24. The molecule has 14 heavy (non-hydrogen) atoms. The highest BCUT2D eigenvalue weighted by molar-refractivity contribution is 9.10. The van der Waals surface area contributed by atoms with Crippen LogP contribution in [0.1, 0.15) is 13.3 Å². The van der Waals surface area contributed by atoms with Gasteiger partial charge in [0.2, 0.25) is 5.95 Å². The van der Waals surface area contributed by atoms with Crippen LogP contribution in [0.15, 0.2) is 16.9 Å². The summed E-state index contributed by atoms with van der Waals surface area (Å²) >= 11 is 3.30. The Morgan fingerprint density at radius 3 is 2.57 bits per heavy atom. The standard InChI is InChI=1S/C9H15BrN4/c1-7(3-4-11)14(2)9-12-5-8(10)6-13-9/h5-7H,3-4,11H2,1-2H3. The van der Waals surface area contributed by atoms with Crippen LogP contribution in [0.5, 0.6) is 0 Å². The van der Waals surface area contributed by atoms with E-state index in [0.29, 0.717) is 12.6 Å². The van der Waals surface area contributed by atoms with E-state index in [1.807, 2.05) is 11.9 Å². The van der Waals surface area contributed by atoms with Gasteiger partial charge in [0.25, 0.3) is 0 Å². The average molecular weight is 259 g/mol. The van der Waals surface area contributed by atoms with Gasteiger partial charge in [-0.3, -0.25) is 0 Å².